The molecule has 0 saturated carbocycles. The molecule has 146 valence electrons. The third kappa shape index (κ3) is 2.95. The highest BCUT2D eigenvalue weighted by atomic mass is 16.2. The van der Waals surface area contributed by atoms with Crippen LogP contribution in [0, 0.1) is 17.8 Å². The van der Waals surface area contributed by atoms with Crippen molar-refractivity contribution in [2.24, 2.45) is 5.92 Å². The van der Waals surface area contributed by atoms with Crippen molar-refractivity contribution in [2.45, 2.75) is 39.8 Å². The van der Waals surface area contributed by atoms with Crippen molar-refractivity contribution in [3.05, 3.63) is 41.6 Å². The molecule has 0 fully saturated rings. The van der Waals surface area contributed by atoms with Gasteiger partial charge in [0, 0.05) is 42.8 Å². The van der Waals surface area contributed by atoms with Crippen LogP contribution in [-0.4, -0.2) is 53.0 Å². The molecule has 1 aliphatic carbocycles. The normalized spacial score (nSPS) is 20.9. The molecule has 2 aromatic rings. The van der Waals surface area contributed by atoms with Gasteiger partial charge in [-0.05, 0) is 57.0 Å². The molecule has 1 amide bonds. The zero-order valence-electron chi connectivity index (χ0n) is 17.3. The molecule has 2 atom stereocenters. The first-order valence-corrected chi connectivity index (χ1v) is 10.3. The first kappa shape index (κ1) is 18.8. The van der Waals surface area contributed by atoms with Gasteiger partial charge in [0.2, 0.25) is 5.91 Å². The van der Waals surface area contributed by atoms with E-state index in [4.69, 9.17) is 0 Å². The van der Waals surface area contributed by atoms with E-state index in [1.165, 1.54) is 27.6 Å². The van der Waals surface area contributed by atoms with Crippen LogP contribution in [0.4, 0.5) is 0 Å². The maximum atomic E-state index is 13.0. The summed E-state index contributed by atoms with van der Waals surface area (Å²) >= 11 is 0. The van der Waals surface area contributed by atoms with Gasteiger partial charge in [0.05, 0.1) is 12.5 Å². The standard InChI is InChI=1S/C24H29N3O/c1-5-8-12-27-16-17-14-22-20(19-10-9-11-21(27)23(17)19)13-18(15-25(22)4)24(28)26(6-2)7-3/h9-11,13,16,18,22H,6-7,12,14-15H2,1-4H3/t18-,22?/m1/s1. The number of amides is 1. The Kier molecular flexibility index (Phi) is 5.03. The lowest BCUT2D eigenvalue weighted by atomic mass is 9.79. The average molecular weight is 376 g/mol. The molecule has 28 heavy (non-hydrogen) atoms. The van der Waals surface area contributed by atoms with E-state index in [1.54, 1.807) is 0 Å². The molecule has 0 bridgehead atoms. The number of aromatic nitrogens is 1. The van der Waals surface area contributed by atoms with Gasteiger partial charge in [-0.15, -0.1) is 5.92 Å². The minimum atomic E-state index is -0.0685. The molecule has 0 spiro atoms. The molecule has 1 unspecified atom stereocenters. The quantitative estimate of drug-likeness (QED) is 0.767. The Balaban J connectivity index is 1.81. The number of benzene rings is 1. The summed E-state index contributed by atoms with van der Waals surface area (Å²) in [5.74, 6) is 6.37. The van der Waals surface area contributed by atoms with Crippen molar-refractivity contribution in [1.29, 1.82) is 0 Å². The molecular formula is C24H29N3O. The number of nitrogens with zero attached hydrogens (tertiary/aromatic N) is 3. The lowest BCUT2D eigenvalue weighted by Crippen LogP contribution is -2.47. The molecule has 1 aliphatic heterocycles. The predicted molar refractivity (Wildman–Crippen MR) is 115 cm³/mol. The van der Waals surface area contributed by atoms with Crippen molar-refractivity contribution in [2.75, 3.05) is 26.7 Å². The van der Waals surface area contributed by atoms with Gasteiger partial charge >= 0.3 is 0 Å². The largest absolute Gasteiger partial charge is 0.343 e. The van der Waals surface area contributed by atoms with Crippen molar-refractivity contribution in [3.8, 4) is 11.8 Å². The zero-order chi connectivity index (χ0) is 19.8. The fraction of sp³-hybridized carbons (Fsp3) is 0.458. The first-order chi connectivity index (χ1) is 13.6. The van der Waals surface area contributed by atoms with Gasteiger partial charge in [0.25, 0.3) is 0 Å². The van der Waals surface area contributed by atoms with Crippen LogP contribution in [0.25, 0.3) is 16.5 Å². The molecule has 0 radical (unpaired) electrons. The van der Waals surface area contributed by atoms with Crippen LogP contribution < -0.4 is 0 Å². The number of carbonyl (C=O) groups is 1. The third-order valence-corrected chi connectivity index (χ3v) is 6.28. The summed E-state index contributed by atoms with van der Waals surface area (Å²) in [5, 5.41) is 1.34. The molecule has 4 rings (SSSR count). The van der Waals surface area contributed by atoms with Gasteiger partial charge in [0.1, 0.15) is 0 Å². The third-order valence-electron chi connectivity index (χ3n) is 6.28. The van der Waals surface area contributed by atoms with Crippen LogP contribution in [-0.2, 0) is 17.8 Å². The van der Waals surface area contributed by atoms with E-state index in [2.05, 4.69) is 72.7 Å². The SMILES string of the molecule is CC#CCn1cc2c3c(cccc31)C1=C[C@@H](C(=O)N(CC)CC)CN(C)C1C2. The van der Waals surface area contributed by atoms with Crippen LogP contribution in [0.15, 0.2) is 30.5 Å². The van der Waals surface area contributed by atoms with E-state index in [9.17, 15) is 4.79 Å². The van der Waals surface area contributed by atoms with Gasteiger partial charge in [-0.3, -0.25) is 9.69 Å². The molecule has 4 heteroatoms. The summed E-state index contributed by atoms with van der Waals surface area (Å²) in [4.78, 5) is 17.3. The fourth-order valence-electron chi connectivity index (χ4n) is 4.85. The number of hydrogen-bond donors (Lipinski definition) is 0. The maximum absolute atomic E-state index is 13.0. The summed E-state index contributed by atoms with van der Waals surface area (Å²) < 4.78 is 2.26. The second-order valence-electron chi connectivity index (χ2n) is 7.81. The summed E-state index contributed by atoms with van der Waals surface area (Å²) in [6.07, 6.45) is 5.52. The van der Waals surface area contributed by atoms with Crippen molar-refractivity contribution < 1.29 is 4.79 Å². The van der Waals surface area contributed by atoms with Crippen molar-refractivity contribution in [3.63, 3.8) is 0 Å². The Labute approximate surface area is 167 Å². The molecule has 0 saturated heterocycles. The van der Waals surface area contributed by atoms with E-state index in [0.29, 0.717) is 6.04 Å². The lowest BCUT2D eigenvalue weighted by molar-refractivity contribution is -0.134. The van der Waals surface area contributed by atoms with Crippen LogP contribution in [0.1, 0.15) is 31.9 Å². The summed E-state index contributed by atoms with van der Waals surface area (Å²) in [6, 6.07) is 6.88. The van der Waals surface area contributed by atoms with E-state index in [1.807, 2.05) is 11.8 Å². The predicted octanol–water partition coefficient (Wildman–Crippen LogP) is 3.40. The van der Waals surface area contributed by atoms with E-state index < -0.39 is 0 Å². The Bertz CT molecular complexity index is 1000. The molecule has 2 heterocycles. The van der Waals surface area contributed by atoms with Crippen LogP contribution in [0.3, 0.4) is 0 Å². The molecule has 1 aromatic carbocycles. The van der Waals surface area contributed by atoms with Crippen LogP contribution >= 0.6 is 0 Å². The van der Waals surface area contributed by atoms with Gasteiger partial charge in [-0.2, -0.15) is 0 Å². The second kappa shape index (κ2) is 7.48. The highest BCUT2D eigenvalue weighted by Gasteiger charge is 2.36. The number of hydrogen-bond acceptors (Lipinski definition) is 2. The number of fused-ring (bicyclic) bond motifs is 2. The minimum Gasteiger partial charge on any atom is -0.343 e. The Hall–Kier alpha value is -2.51. The number of carbonyl (C=O) groups excluding carboxylic acids is 1. The second-order valence-corrected chi connectivity index (χ2v) is 7.81. The Morgan fingerprint density at radius 1 is 1.29 bits per heavy atom. The van der Waals surface area contributed by atoms with Crippen molar-refractivity contribution in [1.82, 2.24) is 14.4 Å². The van der Waals surface area contributed by atoms with Gasteiger partial charge < -0.3 is 9.47 Å². The molecular weight excluding hydrogens is 346 g/mol. The first-order valence-electron chi connectivity index (χ1n) is 10.3. The van der Waals surface area contributed by atoms with Crippen LogP contribution in [0.5, 0.6) is 0 Å². The summed E-state index contributed by atoms with van der Waals surface area (Å²) in [7, 11) is 2.16. The summed E-state index contributed by atoms with van der Waals surface area (Å²) in [5.41, 5.74) is 5.24. The van der Waals surface area contributed by atoms with Gasteiger partial charge in [-0.1, -0.05) is 24.1 Å². The monoisotopic (exact) mass is 375 g/mol. The Morgan fingerprint density at radius 2 is 2.07 bits per heavy atom. The molecule has 1 aromatic heterocycles. The maximum Gasteiger partial charge on any atom is 0.230 e. The van der Waals surface area contributed by atoms with E-state index >= 15 is 0 Å². The van der Waals surface area contributed by atoms with Gasteiger partial charge in [-0.25, -0.2) is 0 Å². The average Bonchev–Trinajstić information content (AvgIpc) is 3.06. The van der Waals surface area contributed by atoms with E-state index in [0.717, 1.165) is 32.6 Å². The summed E-state index contributed by atoms with van der Waals surface area (Å²) in [6.45, 7) is 9.04. The molecule has 4 nitrogen and oxygen atoms in total. The molecule has 0 N–H and O–H groups in total. The fourth-order valence-corrected chi connectivity index (χ4v) is 4.85. The van der Waals surface area contributed by atoms with E-state index in [-0.39, 0.29) is 11.8 Å². The number of likely N-dealkylation sites (N-methyl/N-ethyl adjacent to an activating group) is 1. The Morgan fingerprint density at radius 3 is 2.79 bits per heavy atom. The van der Waals surface area contributed by atoms with Crippen LogP contribution in [0.2, 0.25) is 0 Å². The smallest absolute Gasteiger partial charge is 0.230 e. The lowest BCUT2D eigenvalue weighted by Gasteiger charge is -2.40. The number of rotatable bonds is 4. The minimum absolute atomic E-state index is 0.0685. The highest BCUT2D eigenvalue weighted by molar-refractivity contribution is 5.99. The zero-order valence-corrected chi connectivity index (χ0v) is 17.3. The van der Waals surface area contributed by atoms with Gasteiger partial charge in [0.15, 0.2) is 0 Å². The van der Waals surface area contributed by atoms with Crippen molar-refractivity contribution >= 4 is 22.4 Å². The highest BCUT2D eigenvalue weighted by Crippen LogP contribution is 2.41. The molecule has 2 aliphatic rings. The topological polar surface area (TPSA) is 28.5 Å².